The highest BCUT2D eigenvalue weighted by atomic mass is 16.4. The highest BCUT2D eigenvalue weighted by molar-refractivity contribution is 5.76. The second kappa shape index (κ2) is 9.95. The Labute approximate surface area is 185 Å². The summed E-state index contributed by atoms with van der Waals surface area (Å²) in [4.78, 5) is 19.1. The number of amides is 1. The van der Waals surface area contributed by atoms with Crippen LogP contribution in [0.3, 0.4) is 0 Å². The van der Waals surface area contributed by atoms with E-state index < -0.39 is 0 Å². The number of carbonyl (C=O) groups excluding carboxylic acids is 1. The first-order chi connectivity index (χ1) is 15.1. The molecule has 0 N–H and O–H groups in total. The van der Waals surface area contributed by atoms with Crippen LogP contribution in [-0.4, -0.2) is 28.9 Å². The molecule has 1 saturated heterocycles. The standard InChI is InChI=1S/C27H32N2O2/c1-20-8-11-24(18-21(20)2)25-19-28-26(31-25)12-13-27(30)29-16-14-23(15-17-29)10-9-22-6-4-3-5-7-22/h3-8,11,18-19,23H,9-10,12-17H2,1-2H3. The van der Waals surface area contributed by atoms with Gasteiger partial charge in [-0.25, -0.2) is 4.98 Å². The summed E-state index contributed by atoms with van der Waals surface area (Å²) in [5.41, 5.74) is 4.94. The lowest BCUT2D eigenvalue weighted by atomic mass is 9.90. The Morgan fingerprint density at radius 2 is 1.81 bits per heavy atom. The molecule has 1 fully saturated rings. The first kappa shape index (κ1) is 21.4. The van der Waals surface area contributed by atoms with Crippen LogP contribution in [0.1, 0.15) is 48.3 Å². The number of piperidine rings is 1. The van der Waals surface area contributed by atoms with Crippen molar-refractivity contribution in [2.24, 2.45) is 5.92 Å². The Morgan fingerprint density at radius 3 is 2.55 bits per heavy atom. The number of rotatable bonds is 7. The Bertz CT molecular complexity index is 1000. The summed E-state index contributed by atoms with van der Waals surface area (Å²) in [6.45, 7) is 5.94. The van der Waals surface area contributed by atoms with Gasteiger partial charge in [0.05, 0.1) is 6.20 Å². The molecule has 4 heteroatoms. The zero-order valence-electron chi connectivity index (χ0n) is 18.6. The third kappa shape index (κ3) is 5.63. The largest absolute Gasteiger partial charge is 0.441 e. The molecule has 2 heterocycles. The van der Waals surface area contributed by atoms with E-state index in [4.69, 9.17) is 4.42 Å². The fraction of sp³-hybridized carbons (Fsp3) is 0.407. The van der Waals surface area contributed by atoms with Crippen LogP contribution in [0, 0.1) is 19.8 Å². The monoisotopic (exact) mass is 416 g/mol. The fourth-order valence-corrected chi connectivity index (χ4v) is 4.31. The molecule has 1 aliphatic heterocycles. The maximum Gasteiger partial charge on any atom is 0.223 e. The van der Waals surface area contributed by atoms with Crippen molar-refractivity contribution in [3.63, 3.8) is 0 Å². The summed E-state index contributed by atoms with van der Waals surface area (Å²) >= 11 is 0. The van der Waals surface area contributed by atoms with Gasteiger partial charge in [0.1, 0.15) is 0 Å². The molecule has 2 aromatic carbocycles. The van der Waals surface area contributed by atoms with Crippen LogP contribution in [0.5, 0.6) is 0 Å². The molecule has 4 rings (SSSR count). The van der Waals surface area contributed by atoms with Gasteiger partial charge in [0.2, 0.25) is 5.91 Å². The van der Waals surface area contributed by atoms with Crippen molar-refractivity contribution in [1.29, 1.82) is 0 Å². The molecule has 0 unspecified atom stereocenters. The van der Waals surface area contributed by atoms with Crippen LogP contribution in [0.15, 0.2) is 59.1 Å². The topological polar surface area (TPSA) is 46.3 Å². The normalized spacial score (nSPS) is 14.7. The number of benzene rings is 2. The van der Waals surface area contributed by atoms with Gasteiger partial charge in [0.25, 0.3) is 0 Å². The van der Waals surface area contributed by atoms with E-state index in [1.807, 2.05) is 4.90 Å². The second-order valence-electron chi connectivity index (χ2n) is 8.77. The minimum atomic E-state index is 0.215. The molecular weight excluding hydrogens is 384 g/mol. The van der Waals surface area contributed by atoms with E-state index in [1.54, 1.807) is 6.20 Å². The molecule has 0 atom stereocenters. The highest BCUT2D eigenvalue weighted by Gasteiger charge is 2.23. The lowest BCUT2D eigenvalue weighted by Gasteiger charge is -2.32. The van der Waals surface area contributed by atoms with Crippen LogP contribution in [0.2, 0.25) is 0 Å². The summed E-state index contributed by atoms with van der Waals surface area (Å²) < 4.78 is 5.91. The van der Waals surface area contributed by atoms with E-state index in [9.17, 15) is 4.79 Å². The number of nitrogens with zero attached hydrogens (tertiary/aromatic N) is 2. The van der Waals surface area contributed by atoms with E-state index in [-0.39, 0.29) is 5.91 Å². The molecule has 162 valence electrons. The van der Waals surface area contributed by atoms with Gasteiger partial charge in [-0.2, -0.15) is 0 Å². The van der Waals surface area contributed by atoms with Gasteiger partial charge in [-0.15, -0.1) is 0 Å². The van der Waals surface area contributed by atoms with Crippen LogP contribution in [-0.2, 0) is 17.6 Å². The zero-order valence-corrected chi connectivity index (χ0v) is 18.6. The Morgan fingerprint density at radius 1 is 1.03 bits per heavy atom. The van der Waals surface area contributed by atoms with Gasteiger partial charge < -0.3 is 9.32 Å². The van der Waals surface area contributed by atoms with Crippen molar-refractivity contribution in [3.05, 3.63) is 77.3 Å². The van der Waals surface area contributed by atoms with Gasteiger partial charge in [0.15, 0.2) is 11.7 Å². The van der Waals surface area contributed by atoms with Crippen molar-refractivity contribution in [1.82, 2.24) is 9.88 Å². The smallest absolute Gasteiger partial charge is 0.223 e. The molecule has 4 nitrogen and oxygen atoms in total. The van der Waals surface area contributed by atoms with Crippen LogP contribution >= 0.6 is 0 Å². The van der Waals surface area contributed by atoms with Crippen LogP contribution < -0.4 is 0 Å². The van der Waals surface area contributed by atoms with E-state index in [1.165, 1.54) is 23.1 Å². The summed E-state index contributed by atoms with van der Waals surface area (Å²) in [6, 6.07) is 17.0. The van der Waals surface area contributed by atoms with E-state index in [0.717, 1.165) is 49.6 Å². The lowest BCUT2D eigenvalue weighted by molar-refractivity contribution is -0.132. The van der Waals surface area contributed by atoms with Crippen LogP contribution in [0.25, 0.3) is 11.3 Å². The van der Waals surface area contributed by atoms with Gasteiger partial charge in [0, 0.05) is 31.5 Å². The quantitative estimate of drug-likeness (QED) is 0.492. The molecule has 1 amide bonds. The summed E-state index contributed by atoms with van der Waals surface area (Å²) in [5, 5.41) is 0. The number of hydrogen-bond acceptors (Lipinski definition) is 3. The number of likely N-dealkylation sites (tertiary alicyclic amines) is 1. The fourth-order valence-electron chi connectivity index (χ4n) is 4.31. The first-order valence-corrected chi connectivity index (χ1v) is 11.4. The van der Waals surface area contributed by atoms with E-state index >= 15 is 0 Å². The summed E-state index contributed by atoms with van der Waals surface area (Å²) in [6.07, 6.45) is 7.33. The molecule has 1 aromatic heterocycles. The summed E-state index contributed by atoms with van der Waals surface area (Å²) in [7, 11) is 0. The minimum Gasteiger partial charge on any atom is -0.441 e. The molecule has 3 aromatic rings. The maximum atomic E-state index is 12.7. The maximum absolute atomic E-state index is 12.7. The molecule has 0 aliphatic carbocycles. The third-order valence-corrected chi connectivity index (χ3v) is 6.55. The molecule has 1 aliphatic rings. The summed E-state index contributed by atoms with van der Waals surface area (Å²) in [5.74, 6) is 2.34. The number of hydrogen-bond donors (Lipinski definition) is 0. The molecule has 0 radical (unpaired) electrons. The van der Waals surface area contributed by atoms with E-state index in [0.29, 0.717) is 18.7 Å². The Balaban J connectivity index is 1.22. The first-order valence-electron chi connectivity index (χ1n) is 11.4. The molecule has 0 spiro atoms. The van der Waals surface area contributed by atoms with Crippen molar-refractivity contribution in [3.8, 4) is 11.3 Å². The molecular formula is C27H32N2O2. The molecule has 0 saturated carbocycles. The van der Waals surface area contributed by atoms with Crippen molar-refractivity contribution in [2.45, 2.75) is 52.4 Å². The van der Waals surface area contributed by atoms with Crippen LogP contribution in [0.4, 0.5) is 0 Å². The molecule has 31 heavy (non-hydrogen) atoms. The van der Waals surface area contributed by atoms with E-state index in [2.05, 4.69) is 67.4 Å². The minimum absolute atomic E-state index is 0.215. The van der Waals surface area contributed by atoms with Crippen molar-refractivity contribution in [2.75, 3.05) is 13.1 Å². The second-order valence-corrected chi connectivity index (χ2v) is 8.77. The number of aryl methyl sites for hydroxylation is 4. The predicted octanol–water partition coefficient (Wildman–Crippen LogP) is 5.76. The Hall–Kier alpha value is -2.88. The average Bonchev–Trinajstić information content (AvgIpc) is 3.28. The SMILES string of the molecule is Cc1ccc(-c2cnc(CCC(=O)N3CCC(CCc4ccccc4)CC3)o2)cc1C. The number of aromatic nitrogens is 1. The Kier molecular flexibility index (Phi) is 6.86. The van der Waals surface area contributed by atoms with Crippen molar-refractivity contribution >= 4 is 5.91 Å². The zero-order chi connectivity index (χ0) is 21.6. The third-order valence-electron chi connectivity index (χ3n) is 6.55. The number of carbonyl (C=O) groups is 1. The van der Waals surface area contributed by atoms with Crippen molar-refractivity contribution < 1.29 is 9.21 Å². The van der Waals surface area contributed by atoms with Gasteiger partial charge in [-0.05, 0) is 68.2 Å². The van der Waals surface area contributed by atoms with Gasteiger partial charge in [-0.1, -0.05) is 42.5 Å². The van der Waals surface area contributed by atoms with Gasteiger partial charge >= 0.3 is 0 Å². The number of oxazole rings is 1. The lowest BCUT2D eigenvalue weighted by Crippen LogP contribution is -2.38. The highest BCUT2D eigenvalue weighted by Crippen LogP contribution is 2.25. The average molecular weight is 417 g/mol. The predicted molar refractivity (Wildman–Crippen MR) is 124 cm³/mol. The molecule has 0 bridgehead atoms. The van der Waals surface area contributed by atoms with Gasteiger partial charge in [-0.3, -0.25) is 4.79 Å².